The number of nitrogens with two attached hydrogens (primary N) is 1. The summed E-state index contributed by atoms with van der Waals surface area (Å²) in [6, 6.07) is 4.42. The molecule has 1 aromatic heterocycles. The fourth-order valence-electron chi connectivity index (χ4n) is 2.82. The van der Waals surface area contributed by atoms with Gasteiger partial charge in [-0.15, -0.1) is 10.2 Å². The number of azo groups is 1. The molecule has 0 amide bonds. The average molecular weight is 564 g/mol. The molecule has 0 spiro atoms. The van der Waals surface area contributed by atoms with Crippen molar-refractivity contribution in [2.45, 2.75) is 14.7 Å². The van der Waals surface area contributed by atoms with Crippen LogP contribution in [0.4, 0.5) is 17.1 Å². The number of benzene rings is 2. The minimum atomic E-state index is -5.13. The Labute approximate surface area is 200 Å². The number of aromatic carboxylic acids is 1. The van der Waals surface area contributed by atoms with Crippen molar-refractivity contribution in [3.05, 3.63) is 52.4 Å². The molecule has 0 bridgehead atoms. The molecule has 36 heavy (non-hydrogen) atoms. The van der Waals surface area contributed by atoms with E-state index in [9.17, 15) is 53.6 Å². The number of carbonyl (C=O) groups is 1. The van der Waals surface area contributed by atoms with Gasteiger partial charge in [0.05, 0.1) is 10.6 Å². The van der Waals surface area contributed by atoms with Crippen molar-refractivity contribution in [2.75, 3.05) is 5.73 Å². The standard InChI is InChI=1S/C16H13N5O12S3/c17-7-1-3-11(35(28,29)30)9(5-7)18-19-13-14(16(23)24)20-21(15(13)22)10-6-8(34(25,26)27)2-4-12(10)36(31,32)33/h1-6,20H,17H2,(H,23,24)(H,25,26,27)(H,28,29,30)(H,31,32,33). The molecule has 7 N–H and O–H groups in total. The van der Waals surface area contributed by atoms with Gasteiger partial charge in [0.25, 0.3) is 35.9 Å². The van der Waals surface area contributed by atoms with E-state index in [0.717, 1.165) is 18.2 Å². The molecular weight excluding hydrogens is 550 g/mol. The number of aromatic nitrogens is 2. The molecule has 0 atom stereocenters. The van der Waals surface area contributed by atoms with E-state index >= 15 is 0 Å². The van der Waals surface area contributed by atoms with E-state index in [1.54, 1.807) is 0 Å². The van der Waals surface area contributed by atoms with Crippen molar-refractivity contribution >= 4 is 53.4 Å². The third-order valence-corrected chi connectivity index (χ3v) is 7.00. The van der Waals surface area contributed by atoms with Crippen LogP contribution in [0.15, 0.2) is 66.1 Å². The van der Waals surface area contributed by atoms with Gasteiger partial charge in [-0.1, -0.05) is 0 Å². The van der Waals surface area contributed by atoms with E-state index in [1.165, 1.54) is 0 Å². The molecule has 17 nitrogen and oxygen atoms in total. The first-order chi connectivity index (χ1) is 16.4. The van der Waals surface area contributed by atoms with Gasteiger partial charge in [-0.25, -0.2) is 9.48 Å². The number of H-pyrrole nitrogens is 1. The van der Waals surface area contributed by atoms with Gasteiger partial charge in [0, 0.05) is 5.69 Å². The van der Waals surface area contributed by atoms with Crippen LogP contribution in [0.5, 0.6) is 0 Å². The van der Waals surface area contributed by atoms with Crippen LogP contribution in [-0.2, 0) is 30.4 Å². The second kappa shape index (κ2) is 8.92. The van der Waals surface area contributed by atoms with Crippen LogP contribution in [0, 0.1) is 0 Å². The Morgan fingerprint density at radius 1 is 0.861 bits per heavy atom. The van der Waals surface area contributed by atoms with Crippen LogP contribution in [0.1, 0.15) is 10.5 Å². The Hall–Kier alpha value is -3.95. The monoisotopic (exact) mass is 563 g/mol. The summed E-state index contributed by atoms with van der Waals surface area (Å²) in [7, 11) is -14.9. The minimum absolute atomic E-state index is 0.0545. The molecule has 2 aromatic carbocycles. The number of nitrogen functional groups attached to an aromatic ring is 1. The maximum absolute atomic E-state index is 12.9. The highest BCUT2D eigenvalue weighted by Crippen LogP contribution is 2.29. The number of carboxylic acids is 1. The number of hydrogen-bond donors (Lipinski definition) is 6. The van der Waals surface area contributed by atoms with Crippen molar-refractivity contribution in [1.29, 1.82) is 0 Å². The maximum atomic E-state index is 12.9. The van der Waals surface area contributed by atoms with Crippen molar-refractivity contribution in [2.24, 2.45) is 10.2 Å². The van der Waals surface area contributed by atoms with Gasteiger partial charge in [0.15, 0.2) is 11.4 Å². The van der Waals surface area contributed by atoms with Crippen molar-refractivity contribution in [3.63, 3.8) is 0 Å². The molecule has 0 aliphatic carbocycles. The predicted molar refractivity (Wildman–Crippen MR) is 118 cm³/mol. The maximum Gasteiger partial charge on any atom is 0.356 e. The van der Waals surface area contributed by atoms with Gasteiger partial charge in [0.1, 0.15) is 15.5 Å². The first-order valence-corrected chi connectivity index (χ1v) is 13.2. The van der Waals surface area contributed by atoms with Gasteiger partial charge >= 0.3 is 5.97 Å². The third-order valence-electron chi connectivity index (χ3n) is 4.35. The van der Waals surface area contributed by atoms with Crippen molar-refractivity contribution in [3.8, 4) is 5.69 Å². The fourth-order valence-corrected chi connectivity index (χ4v) is 4.58. The number of rotatable bonds is 7. The fraction of sp³-hybridized carbons (Fsp3) is 0. The molecule has 0 aliphatic rings. The summed E-state index contributed by atoms with van der Waals surface area (Å²) in [5, 5.41) is 18.2. The van der Waals surface area contributed by atoms with E-state index in [-0.39, 0.29) is 10.4 Å². The zero-order valence-electron chi connectivity index (χ0n) is 17.2. The van der Waals surface area contributed by atoms with Crippen LogP contribution >= 0.6 is 0 Å². The molecular formula is C16H13N5O12S3. The molecule has 3 aromatic rings. The second-order valence-electron chi connectivity index (χ2n) is 6.76. The SMILES string of the molecule is Nc1ccc(S(=O)(=O)O)c(N=Nc2c(C(=O)O)[nH]n(-c3cc(S(=O)(=O)O)ccc3S(=O)(=O)O)c2=O)c1. The topological polar surface area (TPSA) is 289 Å². The van der Waals surface area contributed by atoms with Gasteiger partial charge in [-0.05, 0) is 36.4 Å². The summed E-state index contributed by atoms with van der Waals surface area (Å²) in [4.78, 5) is 21.8. The number of hydrogen-bond acceptors (Lipinski definition) is 11. The second-order valence-corrected chi connectivity index (χ2v) is 11.0. The highest BCUT2D eigenvalue weighted by atomic mass is 32.2. The third kappa shape index (κ3) is 5.32. The molecule has 0 fully saturated rings. The van der Waals surface area contributed by atoms with Gasteiger partial charge in [-0.3, -0.25) is 23.6 Å². The molecule has 192 valence electrons. The number of nitrogens with zero attached hydrogens (tertiary/aromatic N) is 3. The summed E-state index contributed by atoms with van der Waals surface area (Å²) >= 11 is 0. The Balaban J connectivity index is 2.33. The predicted octanol–water partition coefficient (Wildman–Crippen LogP) is 0.601. The van der Waals surface area contributed by atoms with E-state index in [0.29, 0.717) is 18.2 Å². The molecule has 0 unspecified atom stereocenters. The van der Waals surface area contributed by atoms with Crippen LogP contribution in [-0.4, -0.2) is 59.8 Å². The van der Waals surface area contributed by atoms with Crippen molar-refractivity contribution in [1.82, 2.24) is 9.78 Å². The van der Waals surface area contributed by atoms with Crippen LogP contribution in [0.2, 0.25) is 0 Å². The first kappa shape index (κ1) is 26.7. The molecule has 20 heteroatoms. The summed E-state index contributed by atoms with van der Waals surface area (Å²) in [5.41, 5.74) is 0.437. The summed E-state index contributed by atoms with van der Waals surface area (Å²) in [6.45, 7) is 0. The smallest absolute Gasteiger partial charge is 0.356 e. The first-order valence-electron chi connectivity index (χ1n) is 8.87. The summed E-state index contributed by atoms with van der Waals surface area (Å²) < 4.78 is 97.8. The lowest BCUT2D eigenvalue weighted by molar-refractivity contribution is 0.0690. The molecule has 0 saturated heterocycles. The highest BCUT2D eigenvalue weighted by molar-refractivity contribution is 7.86. The lowest BCUT2D eigenvalue weighted by Gasteiger charge is -2.09. The zero-order valence-corrected chi connectivity index (χ0v) is 19.6. The zero-order chi connectivity index (χ0) is 27.2. The molecule has 0 saturated carbocycles. The largest absolute Gasteiger partial charge is 0.476 e. The Morgan fingerprint density at radius 3 is 1.97 bits per heavy atom. The number of aromatic amines is 1. The average Bonchev–Trinajstić information content (AvgIpc) is 3.06. The summed E-state index contributed by atoms with van der Waals surface area (Å²) in [5.74, 6) is -1.85. The van der Waals surface area contributed by atoms with Gasteiger partial charge < -0.3 is 10.8 Å². The van der Waals surface area contributed by atoms with E-state index in [1.807, 2.05) is 5.10 Å². The Kier molecular flexibility index (Phi) is 6.61. The summed E-state index contributed by atoms with van der Waals surface area (Å²) in [6.07, 6.45) is 0. The van der Waals surface area contributed by atoms with Crippen LogP contribution < -0.4 is 11.3 Å². The molecule has 0 aliphatic heterocycles. The van der Waals surface area contributed by atoms with Crippen molar-refractivity contribution < 1.29 is 48.8 Å². The lowest BCUT2D eigenvalue weighted by Crippen LogP contribution is -2.18. The van der Waals surface area contributed by atoms with E-state index in [4.69, 9.17) is 5.73 Å². The lowest BCUT2D eigenvalue weighted by atomic mass is 10.3. The van der Waals surface area contributed by atoms with Crippen LogP contribution in [0.25, 0.3) is 5.69 Å². The minimum Gasteiger partial charge on any atom is -0.476 e. The number of nitrogens with one attached hydrogen (secondary N) is 1. The number of anilines is 1. The highest BCUT2D eigenvalue weighted by Gasteiger charge is 2.27. The normalized spacial score (nSPS) is 12.8. The van der Waals surface area contributed by atoms with E-state index in [2.05, 4.69) is 10.2 Å². The van der Waals surface area contributed by atoms with Crippen LogP contribution in [0.3, 0.4) is 0 Å². The molecule has 1 heterocycles. The quantitative estimate of drug-likeness (QED) is 0.130. The number of carboxylic acid groups (broad SMARTS) is 1. The molecule has 3 rings (SSSR count). The van der Waals surface area contributed by atoms with E-state index < -0.39 is 79.3 Å². The molecule has 0 radical (unpaired) electrons. The Morgan fingerprint density at radius 2 is 1.44 bits per heavy atom. The van der Waals surface area contributed by atoms with Gasteiger partial charge in [-0.2, -0.15) is 25.3 Å². The van der Waals surface area contributed by atoms with Gasteiger partial charge in [0.2, 0.25) is 0 Å². The Bertz CT molecular complexity index is 1820.